The molecule has 2 unspecified atom stereocenters. The second kappa shape index (κ2) is 9.91. The number of fused-ring (bicyclic) bond motifs is 2. The van der Waals surface area contributed by atoms with Crippen molar-refractivity contribution in [3.63, 3.8) is 0 Å². The van der Waals surface area contributed by atoms with Gasteiger partial charge in [0.1, 0.15) is 5.82 Å². The molecule has 1 aromatic carbocycles. The summed E-state index contributed by atoms with van der Waals surface area (Å²) in [5.41, 5.74) is 7.74. The molecule has 4 N–H and O–H groups in total. The van der Waals surface area contributed by atoms with E-state index in [-0.39, 0.29) is 29.7 Å². The van der Waals surface area contributed by atoms with Gasteiger partial charge in [-0.3, -0.25) is 14.4 Å². The Hall–Kier alpha value is -3.42. The number of aromatic nitrogens is 1. The maximum atomic E-state index is 13.1. The van der Waals surface area contributed by atoms with Crippen LogP contribution in [0.1, 0.15) is 89.9 Å². The van der Waals surface area contributed by atoms with E-state index >= 15 is 0 Å². The van der Waals surface area contributed by atoms with E-state index in [0.717, 1.165) is 50.8 Å². The predicted octanol–water partition coefficient (Wildman–Crippen LogP) is 3.91. The zero-order valence-electron chi connectivity index (χ0n) is 21.0. The number of hydrogen-bond acceptors (Lipinski definition) is 6. The van der Waals surface area contributed by atoms with Crippen LogP contribution in [0.4, 0.5) is 11.5 Å². The number of primary amides is 1. The average molecular weight is 490 g/mol. The number of benzene rings is 1. The number of amides is 2. The molecule has 3 fully saturated rings. The van der Waals surface area contributed by atoms with Gasteiger partial charge in [0, 0.05) is 53.1 Å². The number of anilines is 2. The summed E-state index contributed by atoms with van der Waals surface area (Å²) in [6, 6.07) is 9.74. The molecule has 1 aliphatic carbocycles. The fraction of sp³-hybridized carbons (Fsp3) is 0.500. The van der Waals surface area contributed by atoms with E-state index < -0.39 is 5.91 Å². The fourth-order valence-electron chi connectivity index (χ4n) is 5.59. The zero-order valence-corrected chi connectivity index (χ0v) is 21.0. The molecule has 0 spiro atoms. The summed E-state index contributed by atoms with van der Waals surface area (Å²) < 4.78 is 0. The molecule has 2 aliphatic heterocycles. The Kier molecular flexibility index (Phi) is 6.69. The third-order valence-corrected chi connectivity index (χ3v) is 7.87. The Morgan fingerprint density at radius 3 is 2.33 bits per heavy atom. The van der Waals surface area contributed by atoms with Crippen LogP contribution in [0.3, 0.4) is 0 Å². The molecule has 8 nitrogen and oxygen atoms in total. The average Bonchev–Trinajstić information content (AvgIpc) is 3.68. The summed E-state index contributed by atoms with van der Waals surface area (Å²) in [4.78, 5) is 44.3. The highest BCUT2D eigenvalue weighted by Crippen LogP contribution is 2.39. The van der Waals surface area contributed by atoms with E-state index in [2.05, 4.69) is 27.4 Å². The van der Waals surface area contributed by atoms with Crippen LogP contribution in [0.2, 0.25) is 0 Å². The van der Waals surface area contributed by atoms with Crippen molar-refractivity contribution in [1.29, 1.82) is 0 Å². The first-order valence-electron chi connectivity index (χ1n) is 13.1. The van der Waals surface area contributed by atoms with Crippen LogP contribution in [0, 0.1) is 5.92 Å². The third-order valence-electron chi connectivity index (χ3n) is 7.87. The van der Waals surface area contributed by atoms with E-state index in [1.54, 1.807) is 24.4 Å². The van der Waals surface area contributed by atoms with Gasteiger partial charge in [0.15, 0.2) is 5.78 Å². The van der Waals surface area contributed by atoms with Crippen LogP contribution in [0.25, 0.3) is 0 Å². The number of nitrogens with one attached hydrogen (secondary N) is 2. The zero-order chi connectivity index (χ0) is 25.4. The number of hydrogen-bond donors (Lipinski definition) is 3. The number of nitrogens with two attached hydrogens (primary N) is 1. The molecule has 0 radical (unpaired) electrons. The third kappa shape index (κ3) is 4.94. The molecule has 1 saturated carbocycles. The van der Waals surface area contributed by atoms with Crippen molar-refractivity contribution in [2.45, 2.75) is 83.0 Å². The number of piperidine rings is 1. The molecule has 3 atom stereocenters. The molecular weight excluding hydrogens is 454 g/mol. The maximum Gasteiger partial charge on any atom is 0.251 e. The molecule has 3 heterocycles. The van der Waals surface area contributed by atoms with Crippen molar-refractivity contribution in [2.75, 3.05) is 10.2 Å². The van der Waals surface area contributed by atoms with Crippen LogP contribution >= 0.6 is 0 Å². The number of rotatable bonds is 9. The molecular formula is C28H35N5O3. The number of nitrogens with zero attached hydrogens (tertiary/aromatic N) is 2. The minimum absolute atomic E-state index is 0.0729. The molecule has 2 amide bonds. The summed E-state index contributed by atoms with van der Waals surface area (Å²) in [6.07, 6.45) is 8.43. The van der Waals surface area contributed by atoms with Crippen LogP contribution in [-0.2, 0) is 0 Å². The van der Waals surface area contributed by atoms with E-state index in [1.165, 1.54) is 0 Å². The van der Waals surface area contributed by atoms with Gasteiger partial charge >= 0.3 is 0 Å². The van der Waals surface area contributed by atoms with Crippen LogP contribution < -0.4 is 21.3 Å². The van der Waals surface area contributed by atoms with Crippen molar-refractivity contribution in [1.82, 2.24) is 10.3 Å². The molecule has 190 valence electrons. The van der Waals surface area contributed by atoms with E-state index in [1.807, 2.05) is 19.1 Å². The SMILES string of the molecule is CC[C@H](C)Nc1cc(C(=O)NC2CC3CCC(C2)N3c2ccc(C(=O)C3CC3)cn2)ccc1C(N)=O. The first-order chi connectivity index (χ1) is 17.3. The Bertz CT molecular complexity index is 1150. The van der Waals surface area contributed by atoms with E-state index in [0.29, 0.717) is 34.5 Å². The number of carbonyl (C=O) groups is 3. The maximum absolute atomic E-state index is 13.1. The van der Waals surface area contributed by atoms with Crippen molar-refractivity contribution < 1.29 is 14.4 Å². The number of ketones is 1. The van der Waals surface area contributed by atoms with Crippen molar-refractivity contribution in [3.8, 4) is 0 Å². The first-order valence-corrected chi connectivity index (χ1v) is 13.1. The first kappa shape index (κ1) is 24.3. The molecule has 1 aromatic heterocycles. The Balaban J connectivity index is 1.24. The minimum Gasteiger partial charge on any atom is -0.382 e. The summed E-state index contributed by atoms with van der Waals surface area (Å²) in [5, 5.41) is 6.51. The van der Waals surface area contributed by atoms with Crippen LogP contribution in [0.5, 0.6) is 0 Å². The van der Waals surface area contributed by atoms with Gasteiger partial charge in [0.05, 0.1) is 5.56 Å². The van der Waals surface area contributed by atoms with Gasteiger partial charge in [-0.1, -0.05) is 6.92 Å². The van der Waals surface area contributed by atoms with Crippen LogP contribution in [-0.4, -0.2) is 46.7 Å². The molecule has 3 aliphatic rings. The van der Waals surface area contributed by atoms with Crippen LogP contribution in [0.15, 0.2) is 36.5 Å². The quantitative estimate of drug-likeness (QED) is 0.460. The van der Waals surface area contributed by atoms with Gasteiger partial charge in [-0.05, 0) is 82.2 Å². The lowest BCUT2D eigenvalue weighted by atomic mass is 9.96. The highest BCUT2D eigenvalue weighted by Gasteiger charge is 2.42. The Labute approximate surface area is 212 Å². The second-order valence-corrected chi connectivity index (χ2v) is 10.6. The van der Waals surface area contributed by atoms with Gasteiger partial charge in [-0.25, -0.2) is 4.98 Å². The number of Topliss-reactive ketones (excluding diaryl/α,β-unsaturated/α-hetero) is 1. The predicted molar refractivity (Wildman–Crippen MR) is 139 cm³/mol. The van der Waals surface area contributed by atoms with Gasteiger partial charge in [-0.2, -0.15) is 0 Å². The van der Waals surface area contributed by atoms with Gasteiger partial charge < -0.3 is 21.3 Å². The number of carbonyl (C=O) groups excluding carboxylic acids is 3. The van der Waals surface area contributed by atoms with Gasteiger partial charge in [0.25, 0.3) is 11.8 Å². The van der Waals surface area contributed by atoms with Gasteiger partial charge in [0.2, 0.25) is 0 Å². The van der Waals surface area contributed by atoms with E-state index in [9.17, 15) is 14.4 Å². The monoisotopic (exact) mass is 489 g/mol. The van der Waals surface area contributed by atoms with Crippen molar-refractivity contribution in [3.05, 3.63) is 53.2 Å². The Morgan fingerprint density at radius 2 is 1.75 bits per heavy atom. The highest BCUT2D eigenvalue weighted by atomic mass is 16.2. The summed E-state index contributed by atoms with van der Waals surface area (Å²) in [5.74, 6) is 0.668. The molecule has 2 bridgehead atoms. The lowest BCUT2D eigenvalue weighted by Gasteiger charge is -2.40. The largest absolute Gasteiger partial charge is 0.382 e. The molecule has 8 heteroatoms. The lowest BCUT2D eigenvalue weighted by Crippen LogP contribution is -2.50. The topological polar surface area (TPSA) is 117 Å². The Morgan fingerprint density at radius 1 is 1.06 bits per heavy atom. The fourth-order valence-corrected chi connectivity index (χ4v) is 5.59. The summed E-state index contributed by atoms with van der Waals surface area (Å²) in [7, 11) is 0. The molecule has 2 aromatic rings. The minimum atomic E-state index is -0.518. The molecule has 5 rings (SSSR count). The standard InChI is InChI=1S/C28H35N5O3/c1-3-16(2)31-24-12-18(6-10-23(24)27(29)35)28(36)32-20-13-21-8-9-22(14-20)33(21)25-11-7-19(15-30-25)26(34)17-4-5-17/h6-7,10-12,15-17,20-22,31H,3-5,8-9,13-14H2,1-2H3,(H2,29,35)(H,32,36)/t16-,20?,21?,22?/m0/s1. The summed E-state index contributed by atoms with van der Waals surface area (Å²) >= 11 is 0. The number of pyridine rings is 1. The molecule has 36 heavy (non-hydrogen) atoms. The normalized spacial score (nSPS) is 23.7. The smallest absolute Gasteiger partial charge is 0.251 e. The van der Waals surface area contributed by atoms with E-state index in [4.69, 9.17) is 5.73 Å². The second-order valence-electron chi connectivity index (χ2n) is 10.6. The highest BCUT2D eigenvalue weighted by molar-refractivity contribution is 6.02. The summed E-state index contributed by atoms with van der Waals surface area (Å²) in [6.45, 7) is 4.07. The van der Waals surface area contributed by atoms with Crippen molar-refractivity contribution in [2.24, 2.45) is 11.7 Å². The van der Waals surface area contributed by atoms with Crippen molar-refractivity contribution >= 4 is 29.1 Å². The van der Waals surface area contributed by atoms with Gasteiger partial charge in [-0.15, -0.1) is 0 Å². The lowest BCUT2D eigenvalue weighted by molar-refractivity contribution is 0.0924. The molecule has 2 saturated heterocycles.